The van der Waals surface area contributed by atoms with Crippen molar-refractivity contribution < 1.29 is 31.5 Å². The van der Waals surface area contributed by atoms with E-state index in [0.717, 1.165) is 32.6 Å². The minimum atomic E-state index is -5.08. The Labute approximate surface area is 183 Å². The van der Waals surface area contributed by atoms with Gasteiger partial charge in [-0.25, -0.2) is 17.9 Å². The smallest absolute Gasteiger partial charge is 0.475 e. The fourth-order valence-electron chi connectivity index (χ4n) is 3.29. The molecule has 0 radical (unpaired) electrons. The van der Waals surface area contributed by atoms with Crippen LogP contribution in [0, 0.1) is 12.8 Å². The van der Waals surface area contributed by atoms with Gasteiger partial charge >= 0.3 is 12.1 Å². The van der Waals surface area contributed by atoms with Gasteiger partial charge in [-0.2, -0.15) is 13.2 Å². The fraction of sp³-hybridized carbons (Fsp3) is 0.526. The van der Waals surface area contributed by atoms with E-state index in [2.05, 4.69) is 50.9 Å². The second-order valence-electron chi connectivity index (χ2n) is 7.47. The highest BCUT2D eigenvalue weighted by Gasteiger charge is 2.38. The number of hydrogen-bond acceptors (Lipinski definition) is 5. The van der Waals surface area contributed by atoms with Gasteiger partial charge in [0.1, 0.15) is 0 Å². The number of nitrogens with one attached hydrogen (secondary N) is 1. The number of carbonyl (C=O) groups is 1. The molecule has 0 saturated heterocycles. The molecular weight excluding hydrogens is 455 g/mol. The lowest BCUT2D eigenvalue weighted by molar-refractivity contribution is -0.192. The number of aliphatic carboxylic acids is 1. The number of carboxylic acid groups (broad SMARTS) is 1. The highest BCUT2D eigenvalue weighted by atomic mass is 32.2. The standard InChI is InChI=1S/C17H25N3O2S2.C2HF3O2/c1-14-6-9-23-17(14)13-19-10-15(5-7-18-24(2,21)22)11-20-8-3-4-16(20)12-19;3-2(4,5)1(6)7/h3-4,6,8-9,15,18H,5,7,10-13H2,1-2H3;(H,6,7). The number of sulfonamides is 1. The number of alkyl halides is 3. The molecule has 2 aromatic heterocycles. The van der Waals surface area contributed by atoms with E-state index in [1.54, 1.807) is 0 Å². The van der Waals surface area contributed by atoms with Crippen molar-refractivity contribution in [3.05, 3.63) is 45.9 Å². The highest BCUT2D eigenvalue weighted by molar-refractivity contribution is 7.88. The van der Waals surface area contributed by atoms with Crippen LogP contribution in [-0.2, 0) is 34.5 Å². The molecule has 1 unspecified atom stereocenters. The third-order valence-electron chi connectivity index (χ3n) is 4.78. The molecule has 2 N–H and O–H groups in total. The zero-order valence-electron chi connectivity index (χ0n) is 17.2. The zero-order chi connectivity index (χ0) is 23.2. The maximum atomic E-state index is 11.3. The lowest BCUT2D eigenvalue weighted by Gasteiger charge is -2.24. The molecule has 1 atom stereocenters. The molecule has 3 heterocycles. The highest BCUT2D eigenvalue weighted by Crippen LogP contribution is 2.24. The van der Waals surface area contributed by atoms with Crippen LogP contribution in [0.3, 0.4) is 0 Å². The van der Waals surface area contributed by atoms with Gasteiger partial charge in [-0.3, -0.25) is 4.90 Å². The summed E-state index contributed by atoms with van der Waals surface area (Å²) in [6.45, 7) is 6.52. The van der Waals surface area contributed by atoms with Crippen LogP contribution in [0.15, 0.2) is 29.8 Å². The molecule has 174 valence electrons. The van der Waals surface area contributed by atoms with Crippen molar-refractivity contribution in [2.24, 2.45) is 5.92 Å². The van der Waals surface area contributed by atoms with E-state index < -0.39 is 22.2 Å². The molecular formula is C19H26F3N3O4S2. The lowest BCUT2D eigenvalue weighted by atomic mass is 10.1. The van der Waals surface area contributed by atoms with Gasteiger partial charge in [0.2, 0.25) is 10.0 Å². The molecule has 12 heteroatoms. The lowest BCUT2D eigenvalue weighted by Crippen LogP contribution is -2.31. The van der Waals surface area contributed by atoms with Gasteiger partial charge in [-0.05, 0) is 48.4 Å². The van der Waals surface area contributed by atoms with Crippen LogP contribution >= 0.6 is 11.3 Å². The number of halogens is 3. The Morgan fingerprint density at radius 1 is 1.32 bits per heavy atom. The summed E-state index contributed by atoms with van der Waals surface area (Å²) < 4.78 is 59.2. The third kappa shape index (κ3) is 8.63. The predicted octanol–water partition coefficient (Wildman–Crippen LogP) is 3.06. The number of nitrogens with zero attached hydrogens (tertiary/aromatic N) is 2. The topological polar surface area (TPSA) is 91.6 Å². The van der Waals surface area contributed by atoms with E-state index in [9.17, 15) is 21.6 Å². The Hall–Kier alpha value is -1.89. The molecule has 1 aliphatic rings. The third-order valence-corrected chi connectivity index (χ3v) is 6.51. The van der Waals surface area contributed by atoms with Gasteiger partial charge in [-0.15, -0.1) is 11.3 Å². The van der Waals surface area contributed by atoms with Crippen molar-refractivity contribution in [3.8, 4) is 0 Å². The Kier molecular flexibility index (Phi) is 8.69. The summed E-state index contributed by atoms with van der Waals surface area (Å²) >= 11 is 1.82. The second-order valence-corrected chi connectivity index (χ2v) is 10.3. The Bertz CT molecular complexity index is 970. The number of thiophene rings is 1. The van der Waals surface area contributed by atoms with E-state index >= 15 is 0 Å². The summed E-state index contributed by atoms with van der Waals surface area (Å²) in [7, 11) is -3.11. The Balaban J connectivity index is 0.000000423. The first kappa shape index (κ1) is 25.4. The molecule has 1 aliphatic heterocycles. The quantitative estimate of drug-likeness (QED) is 0.662. The van der Waals surface area contributed by atoms with Crippen LogP contribution in [0.25, 0.3) is 0 Å². The van der Waals surface area contributed by atoms with Gasteiger partial charge in [0, 0.05) is 49.5 Å². The van der Waals surface area contributed by atoms with E-state index in [0.29, 0.717) is 12.5 Å². The summed E-state index contributed by atoms with van der Waals surface area (Å²) in [5, 5.41) is 9.28. The van der Waals surface area contributed by atoms with Crippen molar-refractivity contribution in [2.75, 3.05) is 19.3 Å². The van der Waals surface area contributed by atoms with Crippen molar-refractivity contribution in [2.45, 2.75) is 39.2 Å². The first-order chi connectivity index (χ1) is 14.3. The maximum Gasteiger partial charge on any atom is 0.490 e. The number of rotatable bonds is 6. The summed E-state index contributed by atoms with van der Waals surface area (Å²) in [4.78, 5) is 12.8. The van der Waals surface area contributed by atoms with Gasteiger partial charge in [-0.1, -0.05) is 0 Å². The molecule has 0 aromatic carbocycles. The van der Waals surface area contributed by atoms with E-state index in [4.69, 9.17) is 9.90 Å². The normalized spacial score (nSPS) is 17.4. The molecule has 0 aliphatic carbocycles. The van der Waals surface area contributed by atoms with E-state index in [-0.39, 0.29) is 0 Å². The zero-order valence-corrected chi connectivity index (χ0v) is 18.9. The number of aryl methyl sites for hydroxylation is 1. The second kappa shape index (κ2) is 10.6. The minimum Gasteiger partial charge on any atom is -0.475 e. The first-order valence-corrected chi connectivity index (χ1v) is 12.3. The Morgan fingerprint density at radius 3 is 2.55 bits per heavy atom. The molecule has 0 amide bonds. The molecule has 0 saturated carbocycles. The van der Waals surface area contributed by atoms with Gasteiger partial charge in [0.25, 0.3) is 0 Å². The average molecular weight is 482 g/mol. The Morgan fingerprint density at radius 2 is 2.00 bits per heavy atom. The van der Waals surface area contributed by atoms with Gasteiger partial charge in [0.05, 0.1) is 6.26 Å². The molecule has 3 rings (SSSR count). The summed E-state index contributed by atoms with van der Waals surface area (Å²) in [5.74, 6) is -2.32. The molecule has 2 aromatic rings. The molecule has 0 fully saturated rings. The van der Waals surface area contributed by atoms with Crippen molar-refractivity contribution in [3.63, 3.8) is 0 Å². The van der Waals surface area contributed by atoms with Crippen LogP contribution in [0.2, 0.25) is 0 Å². The summed E-state index contributed by atoms with van der Waals surface area (Å²) in [6.07, 6.45) is -0.882. The number of hydrogen-bond donors (Lipinski definition) is 2. The van der Waals surface area contributed by atoms with Gasteiger partial charge < -0.3 is 9.67 Å². The molecule has 7 nitrogen and oxygen atoms in total. The van der Waals surface area contributed by atoms with Crippen LogP contribution < -0.4 is 4.72 Å². The van der Waals surface area contributed by atoms with Crippen molar-refractivity contribution in [1.82, 2.24) is 14.2 Å². The van der Waals surface area contributed by atoms with Crippen LogP contribution in [0.5, 0.6) is 0 Å². The minimum absolute atomic E-state index is 0.438. The number of carboxylic acids is 1. The van der Waals surface area contributed by atoms with E-state index in [1.807, 2.05) is 11.3 Å². The van der Waals surface area contributed by atoms with E-state index in [1.165, 1.54) is 22.4 Å². The predicted molar refractivity (Wildman–Crippen MR) is 112 cm³/mol. The van der Waals surface area contributed by atoms with Crippen LogP contribution in [0.1, 0.15) is 22.6 Å². The monoisotopic (exact) mass is 481 g/mol. The molecule has 0 bridgehead atoms. The fourth-order valence-corrected chi connectivity index (χ4v) is 4.72. The van der Waals surface area contributed by atoms with Crippen molar-refractivity contribution >= 4 is 27.3 Å². The number of fused-ring (bicyclic) bond motifs is 1. The largest absolute Gasteiger partial charge is 0.490 e. The van der Waals surface area contributed by atoms with Crippen molar-refractivity contribution in [1.29, 1.82) is 0 Å². The summed E-state index contributed by atoms with van der Waals surface area (Å²) in [6, 6.07) is 6.46. The first-order valence-electron chi connectivity index (χ1n) is 9.49. The average Bonchev–Trinajstić information content (AvgIpc) is 3.19. The summed E-state index contributed by atoms with van der Waals surface area (Å²) in [5.41, 5.74) is 2.69. The SMILES string of the molecule is Cc1ccsc1CN1Cc2cccn2CC(CCNS(C)(=O)=O)C1.O=C(O)C(F)(F)F. The molecule has 0 spiro atoms. The number of aromatic nitrogens is 1. The van der Waals surface area contributed by atoms with Crippen LogP contribution in [0.4, 0.5) is 13.2 Å². The molecule has 31 heavy (non-hydrogen) atoms. The van der Waals surface area contributed by atoms with Crippen LogP contribution in [-0.4, -0.2) is 54.5 Å². The van der Waals surface area contributed by atoms with Gasteiger partial charge in [0.15, 0.2) is 0 Å². The maximum absolute atomic E-state index is 11.3.